The van der Waals surface area contributed by atoms with Gasteiger partial charge in [-0.1, -0.05) is 15.9 Å². The molecule has 1 aromatic carbocycles. The molecule has 0 aliphatic carbocycles. The first-order valence-electron chi connectivity index (χ1n) is 5.11. The van der Waals surface area contributed by atoms with Gasteiger partial charge in [-0.2, -0.15) is 0 Å². The molecule has 0 heterocycles. The third-order valence-corrected chi connectivity index (χ3v) is 2.73. The Labute approximate surface area is 99.8 Å². The maximum Gasteiger partial charge on any atom is 0.0608 e. The highest BCUT2D eigenvalue weighted by Gasteiger charge is 2.11. The minimum Gasteiger partial charge on any atom is -0.390 e. The van der Waals surface area contributed by atoms with Gasteiger partial charge in [0.1, 0.15) is 0 Å². The van der Waals surface area contributed by atoms with Crippen LogP contribution in [0.4, 0.5) is 5.69 Å². The lowest BCUT2D eigenvalue weighted by Gasteiger charge is -2.18. The van der Waals surface area contributed by atoms with Crippen molar-refractivity contribution in [2.45, 2.75) is 32.8 Å². The van der Waals surface area contributed by atoms with E-state index in [1.165, 1.54) is 5.56 Å². The number of hydrogen-bond acceptors (Lipinski definition) is 2. The molecule has 15 heavy (non-hydrogen) atoms. The van der Waals surface area contributed by atoms with Crippen LogP contribution in [-0.2, 0) is 0 Å². The third-order valence-electron chi connectivity index (χ3n) is 2.24. The van der Waals surface area contributed by atoms with Crippen molar-refractivity contribution < 1.29 is 5.11 Å². The summed E-state index contributed by atoms with van der Waals surface area (Å²) < 4.78 is 1.09. The number of aliphatic hydroxyl groups is 1. The number of halogens is 1. The second-order valence-electron chi connectivity index (χ2n) is 4.45. The highest BCUT2D eigenvalue weighted by Crippen LogP contribution is 2.20. The Kier molecular flexibility index (Phi) is 4.17. The average Bonchev–Trinajstić information content (AvgIpc) is 2.07. The molecule has 0 aromatic heterocycles. The minimum absolute atomic E-state index is 0.601. The molecule has 0 bridgehead atoms. The molecule has 84 valence electrons. The smallest absolute Gasteiger partial charge is 0.0608 e. The van der Waals surface area contributed by atoms with Gasteiger partial charge in [0.2, 0.25) is 0 Å². The van der Waals surface area contributed by atoms with Crippen LogP contribution in [0.25, 0.3) is 0 Å². The number of hydrogen-bond donors (Lipinski definition) is 2. The Morgan fingerprint density at radius 3 is 2.60 bits per heavy atom. The molecule has 0 aliphatic heterocycles. The van der Waals surface area contributed by atoms with Crippen LogP contribution < -0.4 is 5.32 Å². The zero-order chi connectivity index (χ0) is 11.5. The molecule has 2 nitrogen and oxygen atoms in total. The lowest BCUT2D eigenvalue weighted by molar-refractivity contribution is 0.0749. The second kappa shape index (κ2) is 4.99. The van der Waals surface area contributed by atoms with E-state index in [1.807, 2.05) is 26.0 Å². The van der Waals surface area contributed by atoms with Crippen molar-refractivity contribution in [1.29, 1.82) is 0 Å². The standard InChI is InChI=1S/C12H18BrNO/c1-9-8-10(13)4-5-11(9)14-7-6-12(2,3)15/h4-5,8,14-15H,6-7H2,1-3H3. The summed E-state index contributed by atoms with van der Waals surface area (Å²) >= 11 is 3.43. The Balaban J connectivity index is 2.51. The second-order valence-corrected chi connectivity index (χ2v) is 5.36. The van der Waals surface area contributed by atoms with Gasteiger partial charge >= 0.3 is 0 Å². The van der Waals surface area contributed by atoms with Gasteiger partial charge in [0.15, 0.2) is 0 Å². The third kappa shape index (κ3) is 4.67. The largest absolute Gasteiger partial charge is 0.390 e. The van der Waals surface area contributed by atoms with Crippen LogP contribution >= 0.6 is 15.9 Å². The van der Waals surface area contributed by atoms with Gasteiger partial charge in [-0.05, 0) is 51.0 Å². The summed E-state index contributed by atoms with van der Waals surface area (Å²) in [6.45, 7) is 6.50. The molecule has 0 unspecified atom stereocenters. The number of nitrogens with one attached hydrogen (secondary N) is 1. The topological polar surface area (TPSA) is 32.3 Å². The van der Waals surface area contributed by atoms with Crippen molar-refractivity contribution in [2.75, 3.05) is 11.9 Å². The van der Waals surface area contributed by atoms with Crippen LogP contribution in [0.2, 0.25) is 0 Å². The van der Waals surface area contributed by atoms with Crippen LogP contribution in [0.3, 0.4) is 0 Å². The molecule has 0 fully saturated rings. The van der Waals surface area contributed by atoms with Crippen LogP contribution in [-0.4, -0.2) is 17.3 Å². The van der Waals surface area contributed by atoms with E-state index in [2.05, 4.69) is 34.2 Å². The first kappa shape index (κ1) is 12.5. The molecule has 0 atom stereocenters. The van der Waals surface area contributed by atoms with Crippen molar-refractivity contribution in [3.63, 3.8) is 0 Å². The summed E-state index contributed by atoms with van der Waals surface area (Å²) in [7, 11) is 0. The molecule has 0 saturated heterocycles. The first-order chi connectivity index (χ1) is 6.88. The van der Waals surface area contributed by atoms with Gasteiger partial charge in [-0.25, -0.2) is 0 Å². The monoisotopic (exact) mass is 271 g/mol. The summed E-state index contributed by atoms with van der Waals surface area (Å²) in [5.41, 5.74) is 1.73. The quantitative estimate of drug-likeness (QED) is 0.881. The van der Waals surface area contributed by atoms with Crippen LogP contribution in [0.15, 0.2) is 22.7 Å². The lowest BCUT2D eigenvalue weighted by Crippen LogP contribution is -2.22. The number of aryl methyl sites for hydroxylation is 1. The molecule has 1 aromatic rings. The van der Waals surface area contributed by atoms with E-state index in [1.54, 1.807) is 0 Å². The molecule has 0 amide bonds. The zero-order valence-corrected chi connectivity index (χ0v) is 11.1. The SMILES string of the molecule is Cc1cc(Br)ccc1NCCC(C)(C)O. The van der Waals surface area contributed by atoms with E-state index in [-0.39, 0.29) is 0 Å². The molecule has 2 N–H and O–H groups in total. The lowest BCUT2D eigenvalue weighted by atomic mass is 10.1. The molecule has 0 radical (unpaired) electrons. The Morgan fingerprint density at radius 2 is 2.07 bits per heavy atom. The molecular weight excluding hydrogens is 254 g/mol. The molecule has 1 rings (SSSR count). The van der Waals surface area contributed by atoms with Crippen molar-refractivity contribution in [3.8, 4) is 0 Å². The van der Waals surface area contributed by atoms with E-state index in [9.17, 15) is 5.11 Å². The van der Waals surface area contributed by atoms with Crippen molar-refractivity contribution >= 4 is 21.6 Å². The van der Waals surface area contributed by atoms with Gasteiger partial charge in [0.25, 0.3) is 0 Å². The summed E-state index contributed by atoms with van der Waals surface area (Å²) in [6.07, 6.45) is 0.739. The fourth-order valence-electron chi connectivity index (χ4n) is 1.33. The molecule has 0 aliphatic rings. The van der Waals surface area contributed by atoms with Crippen LogP contribution in [0, 0.1) is 6.92 Å². The molecule has 3 heteroatoms. The maximum absolute atomic E-state index is 9.56. The van der Waals surface area contributed by atoms with Gasteiger partial charge in [-0.15, -0.1) is 0 Å². The highest BCUT2D eigenvalue weighted by molar-refractivity contribution is 9.10. The van der Waals surface area contributed by atoms with Gasteiger partial charge in [0.05, 0.1) is 5.60 Å². The molecule has 0 saturated carbocycles. The van der Waals surface area contributed by atoms with Crippen LogP contribution in [0.1, 0.15) is 25.8 Å². The fraction of sp³-hybridized carbons (Fsp3) is 0.500. The predicted molar refractivity (Wildman–Crippen MR) is 68.3 cm³/mol. The van der Waals surface area contributed by atoms with E-state index in [4.69, 9.17) is 0 Å². The minimum atomic E-state index is -0.601. The fourth-order valence-corrected chi connectivity index (χ4v) is 1.80. The summed E-state index contributed by atoms with van der Waals surface area (Å²) in [6, 6.07) is 6.13. The maximum atomic E-state index is 9.56. The van der Waals surface area contributed by atoms with Gasteiger partial charge < -0.3 is 10.4 Å². The van der Waals surface area contributed by atoms with E-state index >= 15 is 0 Å². The summed E-state index contributed by atoms with van der Waals surface area (Å²) in [5, 5.41) is 12.9. The van der Waals surface area contributed by atoms with Gasteiger partial charge in [0, 0.05) is 16.7 Å². The number of rotatable bonds is 4. The predicted octanol–water partition coefficient (Wildman–Crippen LogP) is 3.33. The summed E-state index contributed by atoms with van der Waals surface area (Å²) in [5.74, 6) is 0. The van der Waals surface area contributed by atoms with Crippen molar-refractivity contribution in [2.24, 2.45) is 0 Å². The Hall–Kier alpha value is -0.540. The average molecular weight is 272 g/mol. The normalized spacial score (nSPS) is 11.5. The van der Waals surface area contributed by atoms with Crippen molar-refractivity contribution in [3.05, 3.63) is 28.2 Å². The number of anilines is 1. The van der Waals surface area contributed by atoms with Crippen molar-refractivity contribution in [1.82, 2.24) is 0 Å². The first-order valence-corrected chi connectivity index (χ1v) is 5.90. The molecule has 0 spiro atoms. The molecular formula is C12H18BrNO. The highest BCUT2D eigenvalue weighted by atomic mass is 79.9. The van der Waals surface area contributed by atoms with Crippen LogP contribution in [0.5, 0.6) is 0 Å². The Bertz CT molecular complexity index is 331. The van der Waals surface area contributed by atoms with Gasteiger partial charge in [-0.3, -0.25) is 0 Å². The zero-order valence-electron chi connectivity index (χ0n) is 9.47. The summed E-state index contributed by atoms with van der Waals surface area (Å²) in [4.78, 5) is 0. The number of benzene rings is 1. The van der Waals surface area contributed by atoms with E-state index in [0.29, 0.717) is 0 Å². The van der Waals surface area contributed by atoms with E-state index in [0.717, 1.165) is 23.1 Å². The van der Waals surface area contributed by atoms with E-state index < -0.39 is 5.60 Å². The Morgan fingerprint density at radius 1 is 1.40 bits per heavy atom.